The minimum Gasteiger partial charge on any atom is -0.479 e. The second kappa shape index (κ2) is 6.17. The molecule has 0 aliphatic heterocycles. The third-order valence-corrected chi connectivity index (χ3v) is 2.05. The van der Waals surface area contributed by atoms with Gasteiger partial charge in [-0.05, 0) is 6.07 Å². The number of hydrogen-bond acceptors (Lipinski definition) is 5. The number of hydrogen-bond donors (Lipinski definition) is 0. The van der Waals surface area contributed by atoms with Crippen LogP contribution in [0.5, 0.6) is 5.75 Å². The zero-order valence-corrected chi connectivity index (χ0v) is 9.77. The van der Waals surface area contributed by atoms with Crippen LogP contribution in [0.2, 0.25) is 5.02 Å². The Balaban J connectivity index is 2.78. The topological polar surface area (TPSA) is 78.7 Å². The van der Waals surface area contributed by atoms with Gasteiger partial charge in [0.1, 0.15) is 13.2 Å². The zero-order valence-electron chi connectivity index (χ0n) is 9.01. The molecule has 0 radical (unpaired) electrons. The molecule has 92 valence electrons. The number of nitro benzene ring substituents is 1. The van der Waals surface area contributed by atoms with E-state index in [4.69, 9.17) is 16.3 Å². The number of nitrogens with zero attached hydrogens (tertiary/aromatic N) is 1. The molecule has 0 aromatic heterocycles. The van der Waals surface area contributed by atoms with E-state index >= 15 is 0 Å². The summed E-state index contributed by atoms with van der Waals surface area (Å²) in [6.07, 6.45) is 0. The molecule has 0 bridgehead atoms. The van der Waals surface area contributed by atoms with Crippen LogP contribution in [-0.4, -0.2) is 31.0 Å². The summed E-state index contributed by atoms with van der Waals surface area (Å²) < 4.78 is 9.64. The minimum absolute atomic E-state index is 0.0352. The molecular formula is C10H10ClNO5. The van der Waals surface area contributed by atoms with Gasteiger partial charge in [0, 0.05) is 24.3 Å². The fraction of sp³-hybridized carbons (Fsp3) is 0.300. The molecule has 0 amide bonds. The van der Waals surface area contributed by atoms with Gasteiger partial charge in [-0.25, -0.2) is 0 Å². The molecule has 0 aliphatic rings. The largest absolute Gasteiger partial charge is 0.479 e. The zero-order chi connectivity index (χ0) is 12.8. The maximum Gasteiger partial charge on any atom is 0.311 e. The van der Waals surface area contributed by atoms with Crippen LogP contribution in [-0.2, 0) is 9.53 Å². The van der Waals surface area contributed by atoms with Gasteiger partial charge in [-0.15, -0.1) is 0 Å². The molecule has 0 aliphatic carbocycles. The Hall–Kier alpha value is -1.66. The van der Waals surface area contributed by atoms with Crippen LogP contribution in [0, 0.1) is 10.1 Å². The van der Waals surface area contributed by atoms with Crippen molar-refractivity contribution in [2.75, 3.05) is 20.3 Å². The Bertz CT molecular complexity index is 435. The Kier molecular flexibility index (Phi) is 4.86. The smallest absolute Gasteiger partial charge is 0.311 e. The van der Waals surface area contributed by atoms with Crippen molar-refractivity contribution >= 4 is 23.1 Å². The van der Waals surface area contributed by atoms with Gasteiger partial charge in [0.2, 0.25) is 0 Å². The lowest BCUT2D eigenvalue weighted by molar-refractivity contribution is -0.385. The fourth-order valence-corrected chi connectivity index (χ4v) is 1.28. The van der Waals surface area contributed by atoms with Crippen molar-refractivity contribution in [1.29, 1.82) is 0 Å². The second-order valence-corrected chi connectivity index (χ2v) is 3.57. The van der Waals surface area contributed by atoms with Gasteiger partial charge in [-0.1, -0.05) is 11.6 Å². The minimum atomic E-state index is -0.605. The molecule has 6 nitrogen and oxygen atoms in total. The van der Waals surface area contributed by atoms with Crippen LogP contribution >= 0.6 is 11.6 Å². The molecule has 0 fully saturated rings. The molecular weight excluding hydrogens is 250 g/mol. The fourth-order valence-electron chi connectivity index (χ4n) is 1.12. The van der Waals surface area contributed by atoms with Gasteiger partial charge in [0.05, 0.1) is 4.92 Å². The van der Waals surface area contributed by atoms with E-state index in [0.29, 0.717) is 5.02 Å². The number of carbonyl (C=O) groups is 1. The predicted octanol–water partition coefficient (Wildman–Crippen LogP) is 1.84. The highest BCUT2D eigenvalue weighted by Gasteiger charge is 2.16. The summed E-state index contributed by atoms with van der Waals surface area (Å²) in [5.41, 5.74) is -0.236. The molecule has 0 saturated carbocycles. The first-order chi connectivity index (χ1) is 8.04. The van der Waals surface area contributed by atoms with E-state index in [1.54, 1.807) is 0 Å². The third-order valence-electron chi connectivity index (χ3n) is 1.81. The van der Waals surface area contributed by atoms with E-state index in [2.05, 4.69) is 4.74 Å². The van der Waals surface area contributed by atoms with E-state index in [1.807, 2.05) is 0 Å². The summed E-state index contributed by atoms with van der Waals surface area (Å²) in [5.74, 6) is -0.353. The van der Waals surface area contributed by atoms with Gasteiger partial charge in [-0.2, -0.15) is 0 Å². The Labute approximate surface area is 102 Å². The van der Waals surface area contributed by atoms with Crippen molar-refractivity contribution in [2.45, 2.75) is 0 Å². The monoisotopic (exact) mass is 259 g/mol. The van der Waals surface area contributed by atoms with Crippen molar-refractivity contribution < 1.29 is 19.2 Å². The van der Waals surface area contributed by atoms with E-state index in [0.717, 1.165) is 0 Å². The van der Waals surface area contributed by atoms with Crippen LogP contribution in [0.25, 0.3) is 0 Å². The summed E-state index contributed by atoms with van der Waals surface area (Å²) in [7, 11) is 1.37. The molecule has 0 atom stereocenters. The van der Waals surface area contributed by atoms with E-state index in [9.17, 15) is 14.9 Å². The number of ketones is 1. The van der Waals surface area contributed by atoms with Crippen LogP contribution in [0.4, 0.5) is 5.69 Å². The number of Topliss-reactive ketones (excluding diaryl/α,β-unsaturated/α-hetero) is 1. The van der Waals surface area contributed by atoms with Crippen molar-refractivity contribution in [3.8, 4) is 5.75 Å². The van der Waals surface area contributed by atoms with Crippen LogP contribution in [0.3, 0.4) is 0 Å². The average molecular weight is 260 g/mol. The highest BCUT2D eigenvalue weighted by atomic mass is 35.5. The van der Waals surface area contributed by atoms with E-state index in [1.165, 1.54) is 25.3 Å². The van der Waals surface area contributed by atoms with Crippen LogP contribution in [0.15, 0.2) is 18.2 Å². The van der Waals surface area contributed by atoms with Gasteiger partial charge in [0.25, 0.3) is 0 Å². The predicted molar refractivity (Wildman–Crippen MR) is 60.5 cm³/mol. The maximum absolute atomic E-state index is 11.1. The summed E-state index contributed by atoms with van der Waals surface area (Å²) in [4.78, 5) is 21.2. The Morgan fingerprint density at radius 3 is 2.76 bits per heavy atom. The summed E-state index contributed by atoms with van der Waals surface area (Å²) in [6, 6.07) is 3.89. The van der Waals surface area contributed by atoms with Crippen molar-refractivity contribution in [3.05, 3.63) is 33.3 Å². The molecule has 1 aromatic rings. The number of carbonyl (C=O) groups excluding carboxylic acids is 1. The number of halogens is 1. The standard InChI is InChI=1S/C10H10ClNO5/c1-16-5-8(13)6-17-10-4-7(11)2-3-9(10)12(14)15/h2-4H,5-6H2,1H3. The normalized spacial score (nSPS) is 10.0. The lowest BCUT2D eigenvalue weighted by Crippen LogP contribution is -2.16. The number of nitro groups is 1. The molecule has 0 heterocycles. The molecule has 1 rings (SSSR count). The van der Waals surface area contributed by atoms with Crippen molar-refractivity contribution in [3.63, 3.8) is 0 Å². The Morgan fingerprint density at radius 2 is 2.18 bits per heavy atom. The van der Waals surface area contributed by atoms with Crippen LogP contribution < -0.4 is 4.74 Å². The number of ether oxygens (including phenoxy) is 2. The highest BCUT2D eigenvalue weighted by molar-refractivity contribution is 6.30. The van der Waals surface area contributed by atoms with Crippen LogP contribution in [0.1, 0.15) is 0 Å². The maximum atomic E-state index is 11.1. The average Bonchev–Trinajstić information content (AvgIpc) is 2.26. The summed E-state index contributed by atoms with van der Waals surface area (Å²) in [6.45, 7) is -0.399. The van der Waals surface area contributed by atoms with Gasteiger partial charge in [-0.3, -0.25) is 14.9 Å². The lowest BCUT2D eigenvalue weighted by atomic mass is 10.3. The van der Waals surface area contributed by atoms with Gasteiger partial charge in [0.15, 0.2) is 11.5 Å². The summed E-state index contributed by atoms with van der Waals surface area (Å²) >= 11 is 5.69. The number of benzene rings is 1. The molecule has 17 heavy (non-hydrogen) atoms. The van der Waals surface area contributed by atoms with E-state index < -0.39 is 4.92 Å². The van der Waals surface area contributed by atoms with Crippen molar-refractivity contribution in [1.82, 2.24) is 0 Å². The lowest BCUT2D eigenvalue weighted by Gasteiger charge is -2.06. The van der Waals surface area contributed by atoms with Gasteiger partial charge >= 0.3 is 5.69 Å². The van der Waals surface area contributed by atoms with Gasteiger partial charge < -0.3 is 9.47 Å². The first kappa shape index (κ1) is 13.4. The first-order valence-electron chi connectivity index (χ1n) is 4.62. The third kappa shape index (κ3) is 4.01. The highest BCUT2D eigenvalue weighted by Crippen LogP contribution is 2.29. The molecule has 0 saturated heterocycles. The molecule has 0 spiro atoms. The number of rotatable bonds is 6. The molecule has 0 unspecified atom stereocenters. The van der Waals surface area contributed by atoms with E-state index in [-0.39, 0.29) is 30.4 Å². The van der Waals surface area contributed by atoms with Crippen molar-refractivity contribution in [2.24, 2.45) is 0 Å². The number of methoxy groups -OCH3 is 1. The molecule has 7 heteroatoms. The molecule has 0 N–H and O–H groups in total. The SMILES string of the molecule is COCC(=O)COc1cc(Cl)ccc1[N+](=O)[O-]. The Morgan fingerprint density at radius 1 is 1.47 bits per heavy atom. The summed E-state index contributed by atoms with van der Waals surface area (Å²) in [5, 5.41) is 11.0. The quantitative estimate of drug-likeness (QED) is 0.575. The second-order valence-electron chi connectivity index (χ2n) is 3.13. The molecule has 1 aromatic carbocycles. The first-order valence-corrected chi connectivity index (χ1v) is 4.99.